The van der Waals surface area contributed by atoms with Gasteiger partial charge in [-0.2, -0.15) is 4.98 Å². The molecule has 0 atom stereocenters. The monoisotopic (exact) mass is 213 g/mol. The summed E-state index contributed by atoms with van der Waals surface area (Å²) in [4.78, 5) is 16.5. The van der Waals surface area contributed by atoms with Crippen molar-refractivity contribution >= 4 is 5.91 Å². The van der Waals surface area contributed by atoms with E-state index in [9.17, 15) is 4.79 Å². The number of nitrogens with two attached hydrogens (primary N) is 1. The van der Waals surface area contributed by atoms with Crippen LogP contribution in [0.25, 0.3) is 0 Å². The van der Waals surface area contributed by atoms with Gasteiger partial charge in [0.05, 0.1) is 19.6 Å². The van der Waals surface area contributed by atoms with Crippen LogP contribution >= 0.6 is 0 Å². The smallest absolute Gasteiger partial charge is 0.240 e. The highest BCUT2D eigenvalue weighted by Crippen LogP contribution is 1.98. The molecule has 7 nitrogen and oxygen atoms in total. The summed E-state index contributed by atoms with van der Waals surface area (Å²) in [5.74, 6) is 0.659. The van der Waals surface area contributed by atoms with Gasteiger partial charge < -0.3 is 15.2 Å². The van der Waals surface area contributed by atoms with E-state index in [1.165, 1.54) is 0 Å². The number of amides is 1. The molecule has 0 aliphatic heterocycles. The van der Waals surface area contributed by atoms with Crippen LogP contribution in [0.4, 0.5) is 0 Å². The minimum atomic E-state index is -0.414. The molecule has 15 heavy (non-hydrogen) atoms. The Balaban J connectivity index is 2.36. The fraction of sp³-hybridized carbons (Fsp3) is 0.625. The molecule has 0 aliphatic carbocycles. The minimum Gasteiger partial charge on any atom is -0.369 e. The molecule has 1 aromatic heterocycles. The van der Waals surface area contributed by atoms with Crippen LogP contribution in [0.3, 0.4) is 0 Å². The lowest BCUT2D eigenvalue weighted by Gasteiger charge is -2.03. The van der Waals surface area contributed by atoms with Crippen LogP contribution in [0.15, 0.2) is 4.52 Å². The third kappa shape index (κ3) is 4.52. The van der Waals surface area contributed by atoms with Crippen LogP contribution < -0.4 is 11.1 Å². The van der Waals surface area contributed by atoms with Gasteiger partial charge in [-0.25, -0.2) is 0 Å². The van der Waals surface area contributed by atoms with Gasteiger partial charge in [0.2, 0.25) is 11.8 Å². The molecule has 1 heterocycles. The van der Waals surface area contributed by atoms with Gasteiger partial charge in [0.15, 0.2) is 5.82 Å². The van der Waals surface area contributed by atoms with Gasteiger partial charge in [-0.15, -0.1) is 0 Å². The maximum atomic E-state index is 10.4. The Bertz CT molecular complexity index is 323. The van der Waals surface area contributed by atoms with Gasteiger partial charge in [-0.1, -0.05) is 5.16 Å². The number of aromatic nitrogens is 2. The van der Waals surface area contributed by atoms with Crippen molar-refractivity contribution in [2.24, 2.45) is 5.73 Å². The van der Waals surface area contributed by atoms with Crippen molar-refractivity contribution < 1.29 is 9.32 Å². The first-order valence-corrected chi connectivity index (χ1v) is 4.53. The summed E-state index contributed by atoms with van der Waals surface area (Å²) < 4.78 is 4.94. The molecule has 3 N–H and O–H groups in total. The van der Waals surface area contributed by atoms with E-state index in [1.54, 1.807) is 0 Å². The zero-order valence-electron chi connectivity index (χ0n) is 8.86. The molecule has 84 valence electrons. The molecule has 1 amide bonds. The second kappa shape index (κ2) is 5.42. The van der Waals surface area contributed by atoms with E-state index < -0.39 is 5.91 Å². The Morgan fingerprint density at radius 1 is 1.60 bits per heavy atom. The Hall–Kier alpha value is -1.47. The van der Waals surface area contributed by atoms with Gasteiger partial charge in [0, 0.05) is 0 Å². The zero-order chi connectivity index (χ0) is 11.3. The molecule has 1 aromatic rings. The van der Waals surface area contributed by atoms with Crippen molar-refractivity contribution in [1.82, 2.24) is 20.4 Å². The minimum absolute atomic E-state index is 0.103. The van der Waals surface area contributed by atoms with Gasteiger partial charge in [-0.05, 0) is 14.1 Å². The summed E-state index contributed by atoms with van der Waals surface area (Å²) in [6, 6.07) is 0. The molecular weight excluding hydrogens is 198 g/mol. The Labute approximate surface area is 87.6 Å². The molecule has 0 fully saturated rings. The average molecular weight is 213 g/mol. The van der Waals surface area contributed by atoms with Crippen LogP contribution in [0.1, 0.15) is 11.7 Å². The van der Waals surface area contributed by atoms with Gasteiger partial charge in [-0.3, -0.25) is 10.1 Å². The fourth-order valence-electron chi connectivity index (χ4n) is 1.00. The molecule has 0 aliphatic rings. The average Bonchev–Trinajstić information content (AvgIpc) is 2.50. The summed E-state index contributed by atoms with van der Waals surface area (Å²) in [6.07, 6.45) is 0. The van der Waals surface area contributed by atoms with Crippen molar-refractivity contribution in [2.75, 3.05) is 20.6 Å². The van der Waals surface area contributed by atoms with E-state index in [-0.39, 0.29) is 6.54 Å². The Kier molecular flexibility index (Phi) is 4.19. The molecule has 0 bridgehead atoms. The normalized spacial score (nSPS) is 10.9. The second-order valence-electron chi connectivity index (χ2n) is 3.41. The first-order chi connectivity index (χ1) is 7.08. The topological polar surface area (TPSA) is 97.3 Å². The molecule has 0 saturated heterocycles. The molecule has 7 heteroatoms. The highest BCUT2D eigenvalue weighted by molar-refractivity contribution is 5.75. The molecule has 0 radical (unpaired) electrons. The van der Waals surface area contributed by atoms with Crippen molar-refractivity contribution in [3.8, 4) is 0 Å². The maximum absolute atomic E-state index is 10.4. The van der Waals surface area contributed by atoms with Crippen LogP contribution in [0.5, 0.6) is 0 Å². The quantitative estimate of drug-likeness (QED) is 0.610. The summed E-state index contributed by atoms with van der Waals surface area (Å²) in [5, 5.41) is 6.55. The molecular formula is C8H15N5O2. The molecule has 0 saturated carbocycles. The highest BCUT2D eigenvalue weighted by atomic mass is 16.5. The maximum Gasteiger partial charge on any atom is 0.240 e. The van der Waals surface area contributed by atoms with E-state index in [0.29, 0.717) is 24.8 Å². The summed E-state index contributed by atoms with van der Waals surface area (Å²) in [7, 11) is 3.84. The Morgan fingerprint density at radius 2 is 2.33 bits per heavy atom. The first kappa shape index (κ1) is 11.6. The lowest BCUT2D eigenvalue weighted by Crippen LogP contribution is -2.28. The van der Waals surface area contributed by atoms with Crippen LogP contribution in [-0.4, -0.2) is 41.6 Å². The van der Waals surface area contributed by atoms with E-state index in [1.807, 2.05) is 19.0 Å². The summed E-state index contributed by atoms with van der Waals surface area (Å²) in [5.41, 5.74) is 4.95. The van der Waals surface area contributed by atoms with Crippen LogP contribution in [0.2, 0.25) is 0 Å². The third-order valence-electron chi connectivity index (χ3n) is 1.54. The van der Waals surface area contributed by atoms with Crippen molar-refractivity contribution in [2.45, 2.75) is 13.1 Å². The van der Waals surface area contributed by atoms with Crippen LogP contribution in [0, 0.1) is 0 Å². The number of carbonyl (C=O) groups is 1. The third-order valence-corrected chi connectivity index (χ3v) is 1.54. The predicted molar refractivity (Wildman–Crippen MR) is 52.6 cm³/mol. The number of nitrogens with zero attached hydrogens (tertiary/aromatic N) is 3. The van der Waals surface area contributed by atoms with Gasteiger partial charge in [0.1, 0.15) is 0 Å². The number of nitrogens with one attached hydrogen (secondary N) is 1. The summed E-state index contributed by atoms with van der Waals surface area (Å²) in [6.45, 7) is 1.08. The van der Waals surface area contributed by atoms with Crippen molar-refractivity contribution in [3.05, 3.63) is 11.7 Å². The largest absolute Gasteiger partial charge is 0.369 e. The van der Waals surface area contributed by atoms with E-state index in [0.717, 1.165) is 0 Å². The molecule has 0 unspecified atom stereocenters. The van der Waals surface area contributed by atoms with Crippen molar-refractivity contribution in [3.63, 3.8) is 0 Å². The molecule has 1 rings (SSSR count). The number of hydrogen-bond donors (Lipinski definition) is 2. The van der Waals surface area contributed by atoms with Gasteiger partial charge >= 0.3 is 0 Å². The van der Waals surface area contributed by atoms with E-state index >= 15 is 0 Å². The highest BCUT2D eigenvalue weighted by Gasteiger charge is 2.06. The first-order valence-electron chi connectivity index (χ1n) is 4.53. The lowest BCUT2D eigenvalue weighted by molar-refractivity contribution is -0.117. The summed E-state index contributed by atoms with van der Waals surface area (Å²) >= 11 is 0. The second-order valence-corrected chi connectivity index (χ2v) is 3.41. The van der Waals surface area contributed by atoms with Gasteiger partial charge in [0.25, 0.3) is 0 Å². The predicted octanol–water partition coefficient (Wildman–Crippen LogP) is -1.29. The number of carbonyl (C=O) groups excluding carboxylic acids is 1. The molecule has 0 spiro atoms. The number of primary amides is 1. The van der Waals surface area contributed by atoms with Crippen LogP contribution in [-0.2, 0) is 17.9 Å². The van der Waals surface area contributed by atoms with E-state index in [2.05, 4.69) is 15.5 Å². The van der Waals surface area contributed by atoms with E-state index in [4.69, 9.17) is 10.3 Å². The number of hydrogen-bond acceptors (Lipinski definition) is 6. The standard InChI is InChI=1S/C8H15N5O2/c1-13(2)5-7-11-8(15-12-7)4-10-3-6(9)14/h10H,3-5H2,1-2H3,(H2,9,14). The lowest BCUT2D eigenvalue weighted by atomic mass is 10.5. The molecule has 0 aromatic carbocycles. The van der Waals surface area contributed by atoms with Crippen molar-refractivity contribution in [1.29, 1.82) is 0 Å². The zero-order valence-corrected chi connectivity index (χ0v) is 8.86. The number of rotatable bonds is 6. The fourth-order valence-corrected chi connectivity index (χ4v) is 1.00. The Morgan fingerprint density at radius 3 is 2.93 bits per heavy atom. The SMILES string of the molecule is CN(C)Cc1noc(CNCC(N)=O)n1.